The third-order valence-corrected chi connectivity index (χ3v) is 5.58. The summed E-state index contributed by atoms with van der Waals surface area (Å²) in [6.45, 7) is 2.05. The van der Waals surface area contributed by atoms with Gasteiger partial charge in [-0.25, -0.2) is 8.96 Å². The fourth-order valence-electron chi connectivity index (χ4n) is 4.06. The topological polar surface area (TPSA) is 40.8 Å². The first-order valence-corrected chi connectivity index (χ1v) is 9.68. The number of aromatic nitrogens is 1. The van der Waals surface area contributed by atoms with E-state index in [0.29, 0.717) is 22.3 Å². The Morgan fingerprint density at radius 2 is 1.57 bits per heavy atom. The van der Waals surface area contributed by atoms with Crippen LogP contribution in [-0.4, -0.2) is 0 Å². The average Bonchev–Trinajstić information content (AvgIpc) is 3.13. The summed E-state index contributed by atoms with van der Waals surface area (Å²) >= 11 is 0. The van der Waals surface area contributed by atoms with Gasteiger partial charge >= 0.3 is 0 Å². The fraction of sp³-hybridized carbons (Fsp3) is 0.0769. The Balaban J connectivity index is 1.87. The van der Waals surface area contributed by atoms with Crippen molar-refractivity contribution in [2.45, 2.75) is 6.92 Å². The Bertz CT molecular complexity index is 1470. The van der Waals surface area contributed by atoms with Crippen LogP contribution in [0.4, 0.5) is 4.39 Å². The van der Waals surface area contributed by atoms with Crippen LogP contribution in [0.3, 0.4) is 0 Å². The van der Waals surface area contributed by atoms with Gasteiger partial charge in [-0.3, -0.25) is 0 Å². The number of hydrogen-bond acceptors (Lipinski definition) is 2. The van der Waals surface area contributed by atoms with Crippen molar-refractivity contribution in [3.05, 3.63) is 89.9 Å². The first-order chi connectivity index (χ1) is 14.6. The molecule has 0 radical (unpaired) electrons. The number of hydrogen-bond donors (Lipinski definition) is 0. The highest BCUT2D eigenvalue weighted by Gasteiger charge is 2.22. The zero-order valence-corrected chi connectivity index (χ0v) is 16.6. The molecule has 5 rings (SSSR count). The van der Waals surface area contributed by atoms with Crippen LogP contribution < -0.4 is 4.57 Å². The molecule has 0 atom stereocenters. The Morgan fingerprint density at radius 3 is 2.27 bits per heavy atom. The predicted octanol–water partition coefficient (Wildman–Crippen LogP) is 6.06. The maximum atomic E-state index is 15.0. The molecule has 0 saturated heterocycles. The van der Waals surface area contributed by atoms with E-state index in [-0.39, 0.29) is 5.82 Å². The number of fused-ring (bicyclic) bond motifs is 3. The van der Waals surface area contributed by atoms with E-state index in [1.165, 1.54) is 6.07 Å². The van der Waals surface area contributed by atoms with Crippen LogP contribution in [0, 0.1) is 24.1 Å². The molecule has 0 bridgehead atoms. The van der Waals surface area contributed by atoms with Gasteiger partial charge in [0, 0.05) is 22.9 Å². The molecule has 0 aliphatic heterocycles. The molecule has 0 aliphatic rings. The molecule has 2 aromatic heterocycles. The Morgan fingerprint density at radius 1 is 0.867 bits per heavy atom. The predicted molar refractivity (Wildman–Crippen MR) is 115 cm³/mol. The van der Waals surface area contributed by atoms with E-state index in [0.717, 1.165) is 33.2 Å². The van der Waals surface area contributed by atoms with E-state index in [4.69, 9.17) is 9.68 Å². The molecule has 0 amide bonds. The second kappa shape index (κ2) is 6.82. The molecule has 5 aromatic rings. The van der Waals surface area contributed by atoms with E-state index >= 15 is 0 Å². The van der Waals surface area contributed by atoms with Crippen molar-refractivity contribution < 1.29 is 13.4 Å². The summed E-state index contributed by atoms with van der Waals surface area (Å²) in [7, 11) is 2.00. The Kier molecular flexibility index (Phi) is 4.11. The molecule has 30 heavy (non-hydrogen) atoms. The van der Waals surface area contributed by atoms with Crippen molar-refractivity contribution in [1.82, 2.24) is 0 Å². The zero-order chi connectivity index (χ0) is 20.8. The Hall–Kier alpha value is -3.97. The lowest BCUT2D eigenvalue weighted by molar-refractivity contribution is -0.660. The molecule has 0 N–H and O–H groups in total. The lowest BCUT2D eigenvalue weighted by Gasteiger charge is -2.05. The highest BCUT2D eigenvalue weighted by Crippen LogP contribution is 2.41. The number of nitriles is 1. The summed E-state index contributed by atoms with van der Waals surface area (Å²) in [5, 5.41) is 10.9. The second-order valence-corrected chi connectivity index (χ2v) is 7.42. The van der Waals surface area contributed by atoms with Gasteiger partial charge in [-0.1, -0.05) is 24.3 Å². The van der Waals surface area contributed by atoms with Gasteiger partial charge in [-0.05, 0) is 48.4 Å². The van der Waals surface area contributed by atoms with Crippen LogP contribution in [0.5, 0.6) is 0 Å². The highest BCUT2D eigenvalue weighted by atomic mass is 19.1. The number of pyridine rings is 1. The quantitative estimate of drug-likeness (QED) is 0.342. The molecule has 0 fully saturated rings. The molecule has 0 unspecified atom stereocenters. The van der Waals surface area contributed by atoms with E-state index in [2.05, 4.69) is 29.7 Å². The SMILES string of the molecule is Cc1ccc2c(oc3c(-c4ccc(C#N)cc4)c(F)ccc32)c1-c1cccc[n+]1C. The van der Waals surface area contributed by atoms with Crippen LogP contribution in [0.2, 0.25) is 0 Å². The minimum absolute atomic E-state index is 0.352. The monoisotopic (exact) mass is 393 g/mol. The molecular weight excluding hydrogens is 375 g/mol. The van der Waals surface area contributed by atoms with Crippen LogP contribution in [0.1, 0.15) is 11.1 Å². The minimum atomic E-state index is -0.352. The Labute approximate surface area is 173 Å². The van der Waals surface area contributed by atoms with E-state index < -0.39 is 0 Å². The number of furan rings is 1. The minimum Gasteiger partial charge on any atom is -0.454 e. The molecule has 3 aromatic carbocycles. The molecule has 0 spiro atoms. The molecule has 4 heteroatoms. The van der Waals surface area contributed by atoms with Gasteiger partial charge in [-0.2, -0.15) is 5.26 Å². The van der Waals surface area contributed by atoms with Crippen LogP contribution >= 0.6 is 0 Å². The fourth-order valence-corrected chi connectivity index (χ4v) is 4.06. The third kappa shape index (κ3) is 2.67. The van der Waals surface area contributed by atoms with Gasteiger partial charge in [0.05, 0.1) is 22.8 Å². The first kappa shape index (κ1) is 18.1. The molecule has 144 valence electrons. The number of aryl methyl sites for hydroxylation is 2. The van der Waals surface area contributed by atoms with Gasteiger partial charge < -0.3 is 4.42 Å². The van der Waals surface area contributed by atoms with Gasteiger partial charge in [0.1, 0.15) is 24.0 Å². The molecule has 2 heterocycles. The van der Waals surface area contributed by atoms with Gasteiger partial charge in [-0.15, -0.1) is 0 Å². The number of benzene rings is 3. The van der Waals surface area contributed by atoms with Crippen molar-refractivity contribution in [3.63, 3.8) is 0 Å². The standard InChI is InChI=1S/C26H18FN2O/c1-16-6-11-19-20-12-13-21(27)24(18-9-7-17(15-28)8-10-18)26(20)30-25(19)23(16)22-5-3-4-14-29(22)2/h3-14H,1-2H3/q+1. The normalized spacial score (nSPS) is 11.1. The largest absolute Gasteiger partial charge is 0.454 e. The molecular formula is C26H18FN2O+. The summed E-state index contributed by atoms with van der Waals surface area (Å²) in [5.41, 5.74) is 5.99. The van der Waals surface area contributed by atoms with Crippen LogP contribution in [0.25, 0.3) is 44.3 Å². The molecule has 3 nitrogen and oxygen atoms in total. The van der Waals surface area contributed by atoms with Crippen LogP contribution in [0.15, 0.2) is 77.3 Å². The van der Waals surface area contributed by atoms with E-state index in [1.807, 2.05) is 31.4 Å². The van der Waals surface area contributed by atoms with Gasteiger partial charge in [0.15, 0.2) is 6.20 Å². The maximum absolute atomic E-state index is 15.0. The molecule has 0 aliphatic carbocycles. The number of nitrogens with zero attached hydrogens (tertiary/aromatic N) is 2. The zero-order valence-electron chi connectivity index (χ0n) is 16.6. The van der Waals surface area contributed by atoms with Crippen molar-refractivity contribution >= 4 is 21.9 Å². The van der Waals surface area contributed by atoms with E-state index in [1.54, 1.807) is 30.3 Å². The van der Waals surface area contributed by atoms with Crippen molar-refractivity contribution in [2.24, 2.45) is 7.05 Å². The number of rotatable bonds is 2. The third-order valence-electron chi connectivity index (χ3n) is 5.58. The van der Waals surface area contributed by atoms with Crippen molar-refractivity contribution in [1.29, 1.82) is 5.26 Å². The van der Waals surface area contributed by atoms with E-state index in [9.17, 15) is 4.39 Å². The second-order valence-electron chi connectivity index (χ2n) is 7.42. The highest BCUT2D eigenvalue weighted by molar-refractivity contribution is 6.13. The summed E-state index contributed by atoms with van der Waals surface area (Å²) in [5.74, 6) is -0.352. The van der Waals surface area contributed by atoms with Gasteiger partial charge in [0.25, 0.3) is 0 Å². The molecule has 0 saturated carbocycles. The summed E-state index contributed by atoms with van der Waals surface area (Å²) in [6.07, 6.45) is 2.00. The lowest BCUT2D eigenvalue weighted by Crippen LogP contribution is -2.30. The van der Waals surface area contributed by atoms with Crippen molar-refractivity contribution in [3.8, 4) is 28.5 Å². The van der Waals surface area contributed by atoms with Gasteiger partial charge in [0.2, 0.25) is 5.69 Å². The smallest absolute Gasteiger partial charge is 0.216 e. The maximum Gasteiger partial charge on any atom is 0.216 e. The van der Waals surface area contributed by atoms with Crippen LogP contribution in [-0.2, 0) is 7.05 Å². The number of halogens is 1. The summed E-state index contributed by atoms with van der Waals surface area (Å²) in [4.78, 5) is 0. The first-order valence-electron chi connectivity index (χ1n) is 9.68. The van der Waals surface area contributed by atoms with Crippen molar-refractivity contribution in [2.75, 3.05) is 0 Å². The lowest BCUT2D eigenvalue weighted by atomic mass is 9.98. The summed E-state index contributed by atoms with van der Waals surface area (Å²) < 4.78 is 23.4. The summed E-state index contributed by atoms with van der Waals surface area (Å²) in [6, 6.07) is 22.4. The average molecular weight is 393 g/mol.